The van der Waals surface area contributed by atoms with Crippen molar-refractivity contribution in [1.29, 1.82) is 10.7 Å². The third kappa shape index (κ3) is 10.4. The molecule has 0 saturated carbocycles. The Labute approximate surface area is 284 Å². The molecule has 2 aromatic heterocycles. The van der Waals surface area contributed by atoms with E-state index in [0.717, 1.165) is 66.1 Å². The van der Waals surface area contributed by atoms with E-state index in [-0.39, 0.29) is 24.5 Å². The second-order valence-electron chi connectivity index (χ2n) is 11.6. The number of aromatic nitrogens is 2. The van der Waals surface area contributed by atoms with Crippen molar-refractivity contribution in [3.63, 3.8) is 0 Å². The van der Waals surface area contributed by atoms with E-state index in [4.69, 9.17) is 14.9 Å². The summed E-state index contributed by atoms with van der Waals surface area (Å²) in [4.78, 5) is 16.8. The Kier molecular flexibility index (Phi) is 14.4. The van der Waals surface area contributed by atoms with E-state index >= 15 is 0 Å². The van der Waals surface area contributed by atoms with Gasteiger partial charge in [-0.05, 0) is 75.1 Å². The van der Waals surface area contributed by atoms with Gasteiger partial charge in [-0.3, -0.25) is 15.2 Å². The molecule has 1 aliphatic heterocycles. The molecule has 0 aliphatic carbocycles. The quantitative estimate of drug-likeness (QED) is 0.117. The number of fused-ring (bicyclic) bond motifs is 3. The molecule has 1 N–H and O–H groups in total. The second kappa shape index (κ2) is 19.4. The number of nitrogens with one attached hydrogen (secondary N) is 1. The fraction of sp³-hybridized carbons (Fsp3) is 0.317. The van der Waals surface area contributed by atoms with Crippen LogP contribution in [0.15, 0.2) is 116 Å². The summed E-state index contributed by atoms with van der Waals surface area (Å²) in [5, 5.41) is 19.1. The van der Waals surface area contributed by atoms with E-state index in [1.807, 2.05) is 48.0 Å². The first-order valence-electron chi connectivity index (χ1n) is 16.8. The van der Waals surface area contributed by atoms with Crippen LogP contribution in [0.2, 0.25) is 0 Å². The van der Waals surface area contributed by atoms with Gasteiger partial charge >= 0.3 is 5.97 Å². The van der Waals surface area contributed by atoms with Crippen molar-refractivity contribution in [2.75, 3.05) is 0 Å². The van der Waals surface area contributed by atoms with Crippen LogP contribution in [-0.2, 0) is 16.3 Å². The number of hydrogen-bond donors (Lipinski definition) is 1. The smallest absolute Gasteiger partial charge is 0.307 e. The Hall–Kier alpha value is -5.22. The number of benzene rings is 1. The van der Waals surface area contributed by atoms with Gasteiger partial charge in [0.1, 0.15) is 11.7 Å². The SMILES string of the molecule is CCC=CCC=CCC=CCC=CCC=CCC=CCCC(=O)OCn1ccc2c3c(ccc21)C(c1cncc(C)c1)C(C#N)C(=N)O3. The third-order valence-electron chi connectivity index (χ3n) is 7.97. The summed E-state index contributed by atoms with van der Waals surface area (Å²) < 4.78 is 13.3. The van der Waals surface area contributed by atoms with Crippen LogP contribution in [0.4, 0.5) is 0 Å². The fourth-order valence-electron chi connectivity index (χ4n) is 5.55. The van der Waals surface area contributed by atoms with Crippen LogP contribution in [0.3, 0.4) is 0 Å². The monoisotopic (exact) mass is 642 g/mol. The highest BCUT2D eigenvalue weighted by atomic mass is 16.5. The Balaban J connectivity index is 1.18. The summed E-state index contributed by atoms with van der Waals surface area (Å²) in [6.45, 7) is 4.18. The number of carbonyl (C=O) groups is 1. The molecular weight excluding hydrogens is 596 g/mol. The molecule has 7 heteroatoms. The van der Waals surface area contributed by atoms with E-state index < -0.39 is 5.92 Å². The molecule has 0 amide bonds. The van der Waals surface area contributed by atoms with Gasteiger partial charge in [0.15, 0.2) is 6.73 Å². The van der Waals surface area contributed by atoms with Gasteiger partial charge in [0.05, 0.1) is 11.6 Å². The lowest BCUT2D eigenvalue weighted by atomic mass is 9.79. The largest absolute Gasteiger partial charge is 0.444 e. The molecule has 0 fully saturated rings. The lowest BCUT2D eigenvalue weighted by Gasteiger charge is -2.30. The Bertz CT molecular complexity index is 1750. The standard InChI is InChI=1S/C41H46N4O3/c1-3-4-5-6-7-8-9-10-11-12-13-14-15-16-17-18-19-20-21-22-38(46)47-31-45-26-25-34-37(45)24-23-35-39(33-27-32(2)29-44-30-33)36(28-42)41(43)48-40(34)35/h4-5,7-8,10-11,13-14,16-17,19-20,23-27,29-30,36,39,43H,3,6,9,12,15,18,21-22,31H2,1-2H3. The van der Waals surface area contributed by atoms with Gasteiger partial charge < -0.3 is 14.0 Å². The van der Waals surface area contributed by atoms with Crippen LogP contribution in [0.5, 0.6) is 5.75 Å². The van der Waals surface area contributed by atoms with Gasteiger partial charge in [0.2, 0.25) is 5.90 Å². The van der Waals surface area contributed by atoms with E-state index in [0.29, 0.717) is 18.6 Å². The zero-order valence-electron chi connectivity index (χ0n) is 28.1. The number of ether oxygens (including phenoxy) is 2. The first kappa shape index (κ1) is 35.6. The fourth-order valence-corrected chi connectivity index (χ4v) is 5.55. The summed E-state index contributed by atoms with van der Waals surface area (Å²) in [6.07, 6.45) is 38.0. The summed E-state index contributed by atoms with van der Waals surface area (Å²) in [5.74, 6) is -0.909. The van der Waals surface area contributed by atoms with Crippen molar-refractivity contribution in [3.8, 4) is 11.8 Å². The number of nitrogens with zero attached hydrogens (tertiary/aromatic N) is 3. The molecule has 48 heavy (non-hydrogen) atoms. The average molecular weight is 643 g/mol. The number of nitriles is 1. The van der Waals surface area contributed by atoms with Gasteiger partial charge in [-0.2, -0.15) is 5.26 Å². The number of carbonyl (C=O) groups excluding carboxylic acids is 1. The normalized spacial score (nSPS) is 16.6. The molecule has 3 heterocycles. The van der Waals surface area contributed by atoms with E-state index in [2.05, 4.69) is 84.8 Å². The average Bonchev–Trinajstić information content (AvgIpc) is 3.51. The molecule has 4 rings (SSSR count). The highest BCUT2D eigenvalue weighted by Crippen LogP contribution is 2.45. The minimum absolute atomic E-state index is 0.0777. The van der Waals surface area contributed by atoms with Crippen molar-refractivity contribution in [2.45, 2.75) is 77.9 Å². The molecule has 1 aromatic carbocycles. The molecule has 248 valence electrons. The molecule has 0 bridgehead atoms. The van der Waals surface area contributed by atoms with Gasteiger partial charge in [-0.15, -0.1) is 0 Å². The molecule has 2 atom stereocenters. The number of pyridine rings is 1. The maximum absolute atomic E-state index is 12.4. The van der Waals surface area contributed by atoms with Gasteiger partial charge in [-0.25, -0.2) is 0 Å². The zero-order valence-corrected chi connectivity index (χ0v) is 28.1. The molecule has 0 saturated heterocycles. The molecule has 1 aliphatic rings. The summed E-state index contributed by atoms with van der Waals surface area (Å²) in [6, 6.07) is 10.0. The van der Waals surface area contributed by atoms with Crippen LogP contribution >= 0.6 is 0 Å². The van der Waals surface area contributed by atoms with Crippen molar-refractivity contribution >= 4 is 22.8 Å². The predicted molar refractivity (Wildman–Crippen MR) is 194 cm³/mol. The Morgan fingerprint density at radius 3 is 2.17 bits per heavy atom. The number of hydrogen-bond acceptors (Lipinski definition) is 6. The van der Waals surface area contributed by atoms with Crippen LogP contribution < -0.4 is 4.74 Å². The Morgan fingerprint density at radius 1 is 0.938 bits per heavy atom. The van der Waals surface area contributed by atoms with E-state index in [1.165, 1.54) is 0 Å². The molecule has 7 nitrogen and oxygen atoms in total. The molecule has 2 unspecified atom stereocenters. The van der Waals surface area contributed by atoms with E-state index in [1.54, 1.807) is 12.4 Å². The highest BCUT2D eigenvalue weighted by molar-refractivity contribution is 5.95. The van der Waals surface area contributed by atoms with Crippen molar-refractivity contribution in [1.82, 2.24) is 9.55 Å². The maximum atomic E-state index is 12.4. The van der Waals surface area contributed by atoms with Gasteiger partial charge in [0, 0.05) is 41.9 Å². The lowest BCUT2D eigenvalue weighted by Crippen LogP contribution is -2.31. The zero-order chi connectivity index (χ0) is 34.0. The van der Waals surface area contributed by atoms with Gasteiger partial charge in [-0.1, -0.05) is 92.0 Å². The van der Waals surface area contributed by atoms with Crippen LogP contribution in [-0.4, -0.2) is 21.4 Å². The first-order chi connectivity index (χ1) is 23.5. The van der Waals surface area contributed by atoms with Crippen LogP contribution in [0.1, 0.15) is 80.9 Å². The second-order valence-corrected chi connectivity index (χ2v) is 11.6. The van der Waals surface area contributed by atoms with Gasteiger partial charge in [0.25, 0.3) is 0 Å². The predicted octanol–water partition coefficient (Wildman–Crippen LogP) is 9.96. The third-order valence-corrected chi connectivity index (χ3v) is 7.97. The maximum Gasteiger partial charge on any atom is 0.307 e. The molecule has 0 radical (unpaired) electrons. The minimum Gasteiger partial charge on any atom is -0.444 e. The van der Waals surface area contributed by atoms with Crippen molar-refractivity contribution in [3.05, 3.63) is 132 Å². The Morgan fingerprint density at radius 2 is 1.56 bits per heavy atom. The molecule has 0 spiro atoms. The number of esters is 1. The summed E-state index contributed by atoms with van der Waals surface area (Å²) >= 11 is 0. The first-order valence-corrected chi connectivity index (χ1v) is 16.8. The van der Waals surface area contributed by atoms with Crippen LogP contribution in [0, 0.1) is 29.6 Å². The van der Waals surface area contributed by atoms with Crippen molar-refractivity contribution < 1.29 is 14.3 Å². The molecule has 3 aromatic rings. The molecular formula is C41H46N4O3. The number of aryl methyl sites for hydroxylation is 1. The highest BCUT2D eigenvalue weighted by Gasteiger charge is 2.38. The number of allylic oxidation sites excluding steroid dienone is 12. The van der Waals surface area contributed by atoms with E-state index in [9.17, 15) is 10.1 Å². The van der Waals surface area contributed by atoms with Crippen molar-refractivity contribution in [2.24, 2.45) is 5.92 Å². The topological polar surface area (TPSA) is 101 Å². The van der Waals surface area contributed by atoms with Crippen LogP contribution in [0.25, 0.3) is 10.9 Å². The number of rotatable bonds is 17. The summed E-state index contributed by atoms with van der Waals surface area (Å²) in [7, 11) is 0. The summed E-state index contributed by atoms with van der Waals surface area (Å²) in [5.41, 5.74) is 3.51. The lowest BCUT2D eigenvalue weighted by molar-refractivity contribution is -0.147. The minimum atomic E-state index is -0.747.